The van der Waals surface area contributed by atoms with Crippen molar-refractivity contribution in [2.45, 2.75) is 154 Å². The fourth-order valence-electron chi connectivity index (χ4n) is 7.03. The van der Waals surface area contributed by atoms with E-state index in [-0.39, 0.29) is 0 Å². The van der Waals surface area contributed by atoms with Crippen molar-refractivity contribution in [3.05, 3.63) is 0 Å². The maximum Gasteiger partial charge on any atom is 0.187 e. The number of ether oxygens (including phenoxy) is 9. The first kappa shape index (κ1) is 46.0. The van der Waals surface area contributed by atoms with Crippen LogP contribution in [-0.4, -0.2) is 273 Å². The van der Waals surface area contributed by atoms with Gasteiger partial charge >= 0.3 is 0 Å². The van der Waals surface area contributed by atoms with Gasteiger partial charge in [-0.2, -0.15) is 0 Å². The second-order valence-electron chi connectivity index (χ2n) is 13.9. The quantitative estimate of drug-likeness (QED) is 0.0819. The molecular formula is C30H52O26. The lowest BCUT2D eigenvalue weighted by atomic mass is 9.95. The Morgan fingerprint density at radius 3 is 0.821 bits per heavy atom. The Labute approximate surface area is 316 Å². The topological polar surface area (TPSA) is 427 Å². The number of aliphatic hydroxyl groups is 17. The van der Waals surface area contributed by atoms with Crippen molar-refractivity contribution in [2.24, 2.45) is 0 Å². The second kappa shape index (κ2) is 19.6. The summed E-state index contributed by atoms with van der Waals surface area (Å²) in [6.45, 7) is -4.51. The third-order valence-electron chi connectivity index (χ3n) is 10.3. The zero-order valence-electron chi connectivity index (χ0n) is 29.2. The summed E-state index contributed by atoms with van der Waals surface area (Å²) in [7, 11) is 0. The van der Waals surface area contributed by atoms with Crippen LogP contribution in [0.3, 0.4) is 0 Å². The molecule has 0 spiro atoms. The Balaban J connectivity index is 1.22. The number of rotatable bonds is 13. The largest absolute Gasteiger partial charge is 0.394 e. The molecule has 25 atom stereocenters. The number of hydrogen-bond acceptors (Lipinski definition) is 26. The van der Waals surface area contributed by atoms with Crippen LogP contribution in [0.4, 0.5) is 0 Å². The van der Waals surface area contributed by atoms with Crippen LogP contribution < -0.4 is 0 Å². The minimum atomic E-state index is -2.12. The monoisotopic (exact) mass is 828 g/mol. The van der Waals surface area contributed by atoms with E-state index in [1.165, 1.54) is 0 Å². The highest BCUT2D eigenvalue weighted by atomic mass is 16.8. The molecule has 5 heterocycles. The van der Waals surface area contributed by atoms with Crippen LogP contribution in [0.15, 0.2) is 0 Å². The average molecular weight is 829 g/mol. The van der Waals surface area contributed by atoms with Gasteiger partial charge in [0.05, 0.1) is 33.0 Å². The molecule has 5 saturated heterocycles. The Kier molecular flexibility index (Phi) is 16.1. The zero-order valence-corrected chi connectivity index (χ0v) is 29.2. The fraction of sp³-hybridized carbons (Fsp3) is 1.00. The van der Waals surface area contributed by atoms with Gasteiger partial charge in [-0.25, -0.2) is 0 Å². The third-order valence-corrected chi connectivity index (χ3v) is 10.3. The standard InChI is InChI=1S/C30H52O26/c31-1-6-11(36)12(37)18(43)27(49-6)54-23-8(3-33)51-29(20(45)14(23)39)56-25-10(5-35)52-30(21(46)16(25)41)55-24-9(4-34)50-28(19(44)15(24)40)53-22-7(2-32)48-26(47)17(42)13(22)38/h6-47H,1-5H2/t6-,7-,8-,9-,10-,11-,12+,13-,14-,15-,16-,17-,18-,19-,20-,21-,22-,23-,24-,25-,26?,27?,28?,29?,30?/m1/s1. The van der Waals surface area contributed by atoms with Crippen LogP contribution in [0.5, 0.6) is 0 Å². The first-order valence-corrected chi connectivity index (χ1v) is 17.6. The Morgan fingerprint density at radius 1 is 0.268 bits per heavy atom. The summed E-state index contributed by atoms with van der Waals surface area (Å²) in [5.74, 6) is 0. The lowest BCUT2D eigenvalue weighted by Gasteiger charge is -2.49. The molecule has 5 fully saturated rings. The van der Waals surface area contributed by atoms with E-state index >= 15 is 0 Å². The molecule has 5 aliphatic rings. The van der Waals surface area contributed by atoms with Crippen molar-refractivity contribution in [3.8, 4) is 0 Å². The van der Waals surface area contributed by atoms with Crippen molar-refractivity contribution in [3.63, 3.8) is 0 Å². The number of aliphatic hydroxyl groups excluding tert-OH is 17. The Hall–Kier alpha value is -1.04. The van der Waals surface area contributed by atoms with Crippen molar-refractivity contribution in [1.82, 2.24) is 0 Å². The van der Waals surface area contributed by atoms with Gasteiger partial charge in [-0.3, -0.25) is 0 Å². The second-order valence-corrected chi connectivity index (χ2v) is 13.9. The molecule has 26 heteroatoms. The van der Waals surface area contributed by atoms with Gasteiger partial charge in [-0.05, 0) is 0 Å². The molecule has 56 heavy (non-hydrogen) atoms. The van der Waals surface area contributed by atoms with Gasteiger partial charge in [0.25, 0.3) is 0 Å². The zero-order chi connectivity index (χ0) is 41.3. The minimum Gasteiger partial charge on any atom is -0.394 e. The van der Waals surface area contributed by atoms with Crippen LogP contribution >= 0.6 is 0 Å². The van der Waals surface area contributed by atoms with Crippen LogP contribution in [0.1, 0.15) is 0 Å². The SMILES string of the molecule is OC[C@H]1OC(O[C@H]2[C@H](O)[C@@H](O)C(O[C@H]3[C@H](O)[C@@H](O)C(O[C@H]4[C@H](O)[C@@H](O)C(O[C@H]5[C@H](O)[C@@H](O)C(O)O[C@@H]5CO)O[C@@H]4CO)O[C@@H]3CO)O[C@@H]2CO)[C@H](O)[C@@H](O)[C@@H]1O. The van der Waals surface area contributed by atoms with Crippen molar-refractivity contribution in [2.75, 3.05) is 33.0 Å². The fourth-order valence-corrected chi connectivity index (χ4v) is 7.03. The van der Waals surface area contributed by atoms with E-state index in [2.05, 4.69) is 0 Å². The Morgan fingerprint density at radius 2 is 0.518 bits per heavy atom. The smallest absolute Gasteiger partial charge is 0.187 e. The molecule has 5 unspecified atom stereocenters. The van der Waals surface area contributed by atoms with Gasteiger partial charge in [0, 0.05) is 0 Å². The summed E-state index contributed by atoms with van der Waals surface area (Å²) in [4.78, 5) is 0. The van der Waals surface area contributed by atoms with Crippen molar-refractivity contribution in [1.29, 1.82) is 0 Å². The summed E-state index contributed by atoms with van der Waals surface area (Å²) >= 11 is 0. The molecule has 0 aromatic heterocycles. The van der Waals surface area contributed by atoms with Gasteiger partial charge < -0.3 is 129 Å². The summed E-state index contributed by atoms with van der Waals surface area (Å²) in [5, 5.41) is 176. The Bertz CT molecular complexity index is 1200. The van der Waals surface area contributed by atoms with E-state index in [0.717, 1.165) is 0 Å². The predicted molar refractivity (Wildman–Crippen MR) is 167 cm³/mol. The molecule has 0 radical (unpaired) electrons. The van der Waals surface area contributed by atoms with Crippen LogP contribution in [0.2, 0.25) is 0 Å². The highest BCUT2D eigenvalue weighted by Crippen LogP contribution is 2.35. The summed E-state index contributed by atoms with van der Waals surface area (Å²) in [5.41, 5.74) is 0. The van der Waals surface area contributed by atoms with Gasteiger partial charge in [0.2, 0.25) is 0 Å². The van der Waals surface area contributed by atoms with Crippen molar-refractivity contribution < 1.29 is 129 Å². The molecule has 5 aliphatic heterocycles. The van der Waals surface area contributed by atoms with Crippen LogP contribution in [-0.2, 0) is 42.6 Å². The van der Waals surface area contributed by atoms with E-state index in [9.17, 15) is 86.8 Å². The molecule has 0 aromatic rings. The first-order valence-electron chi connectivity index (χ1n) is 17.6. The van der Waals surface area contributed by atoms with E-state index in [0.29, 0.717) is 0 Å². The van der Waals surface area contributed by atoms with Gasteiger partial charge in [0.1, 0.15) is 122 Å². The lowest BCUT2D eigenvalue weighted by Crippen LogP contribution is -2.68. The van der Waals surface area contributed by atoms with Crippen molar-refractivity contribution >= 4 is 0 Å². The van der Waals surface area contributed by atoms with E-state index in [1.807, 2.05) is 0 Å². The molecule has 0 amide bonds. The summed E-state index contributed by atoms with van der Waals surface area (Å²) < 4.78 is 49.1. The first-order chi connectivity index (χ1) is 26.5. The molecule has 0 bridgehead atoms. The maximum absolute atomic E-state index is 11.1. The molecule has 0 aliphatic carbocycles. The van der Waals surface area contributed by atoms with Gasteiger partial charge in [0.15, 0.2) is 31.5 Å². The lowest BCUT2D eigenvalue weighted by molar-refractivity contribution is -0.392. The summed E-state index contributed by atoms with van der Waals surface area (Å²) in [6.07, 6.45) is -45.8. The predicted octanol–water partition coefficient (Wildman–Crippen LogP) is -11.9. The molecule has 26 nitrogen and oxygen atoms in total. The van der Waals surface area contributed by atoms with Crippen LogP contribution in [0.25, 0.3) is 0 Å². The molecular weight excluding hydrogens is 776 g/mol. The highest BCUT2D eigenvalue weighted by Gasteiger charge is 2.56. The molecule has 0 saturated carbocycles. The molecule has 328 valence electrons. The average Bonchev–Trinajstić information content (AvgIpc) is 3.19. The van der Waals surface area contributed by atoms with E-state index < -0.39 is 187 Å². The summed E-state index contributed by atoms with van der Waals surface area (Å²) in [6, 6.07) is 0. The number of hydrogen-bond donors (Lipinski definition) is 17. The van der Waals surface area contributed by atoms with E-state index in [1.54, 1.807) is 0 Å². The molecule has 17 N–H and O–H groups in total. The minimum absolute atomic E-state index is 0.811. The van der Waals surface area contributed by atoms with Gasteiger partial charge in [-0.15, -0.1) is 0 Å². The normalized spacial score (nSPS) is 53.2. The third kappa shape index (κ3) is 9.16. The molecule has 0 aromatic carbocycles. The highest BCUT2D eigenvalue weighted by molar-refractivity contribution is 4.99. The van der Waals surface area contributed by atoms with Gasteiger partial charge in [-0.1, -0.05) is 0 Å². The van der Waals surface area contributed by atoms with E-state index in [4.69, 9.17) is 42.6 Å². The van der Waals surface area contributed by atoms with Crippen LogP contribution in [0, 0.1) is 0 Å². The maximum atomic E-state index is 11.1. The molecule has 5 rings (SSSR count).